The van der Waals surface area contributed by atoms with Crippen LogP contribution in [0.25, 0.3) is 11.0 Å². The molecule has 0 aliphatic heterocycles. The zero-order valence-electron chi connectivity index (χ0n) is 11.9. The number of hydrogen-bond acceptors (Lipinski definition) is 9. The fourth-order valence-electron chi connectivity index (χ4n) is 1.99. The minimum atomic E-state index is -1.66. The minimum Gasteiger partial charge on any atom is -0.394 e. The molecule has 6 N–H and O–H groups in total. The van der Waals surface area contributed by atoms with E-state index in [0.717, 1.165) is 0 Å². The molecule has 2 heterocycles. The van der Waals surface area contributed by atoms with Gasteiger partial charge in [0.1, 0.15) is 30.5 Å². The van der Waals surface area contributed by atoms with Crippen molar-refractivity contribution >= 4 is 16.9 Å². The van der Waals surface area contributed by atoms with Crippen LogP contribution in [0.5, 0.6) is 0 Å². The molecule has 0 spiro atoms. The summed E-state index contributed by atoms with van der Waals surface area (Å²) in [5.74, 6) is 0.418. The molecule has 0 amide bonds. The number of nitrogens with zero attached hydrogens (tertiary/aromatic N) is 4. The second kappa shape index (κ2) is 6.94. The number of fused-ring (bicyclic) bond motifs is 1. The highest BCUT2D eigenvalue weighted by Gasteiger charge is 2.30. The van der Waals surface area contributed by atoms with Crippen molar-refractivity contribution in [2.45, 2.75) is 24.4 Å². The second-order valence-corrected chi connectivity index (χ2v) is 4.91. The maximum absolute atomic E-state index is 9.84. The van der Waals surface area contributed by atoms with Crippen molar-refractivity contribution in [1.29, 1.82) is 0 Å². The van der Waals surface area contributed by atoms with Gasteiger partial charge < -0.3 is 30.8 Å². The average Bonchev–Trinajstić information content (AvgIpc) is 2.92. The van der Waals surface area contributed by atoms with Gasteiger partial charge in [0.2, 0.25) is 0 Å². The lowest BCUT2D eigenvalue weighted by Gasteiger charge is -2.25. The topological polar surface area (TPSA) is 157 Å². The molecule has 122 valence electrons. The van der Waals surface area contributed by atoms with E-state index in [4.69, 9.17) is 5.11 Å². The maximum Gasteiger partial charge on any atom is 0.163 e. The smallest absolute Gasteiger partial charge is 0.163 e. The highest BCUT2D eigenvalue weighted by atomic mass is 16.4. The van der Waals surface area contributed by atoms with Gasteiger partial charge in [-0.25, -0.2) is 9.97 Å². The van der Waals surface area contributed by atoms with Crippen LogP contribution < -0.4 is 5.32 Å². The van der Waals surface area contributed by atoms with E-state index in [9.17, 15) is 20.4 Å². The Morgan fingerprint density at radius 2 is 1.82 bits per heavy atom. The summed E-state index contributed by atoms with van der Waals surface area (Å²) in [7, 11) is 1.73. The molecule has 2 aromatic heterocycles. The van der Waals surface area contributed by atoms with Crippen molar-refractivity contribution in [1.82, 2.24) is 19.7 Å². The van der Waals surface area contributed by atoms with Gasteiger partial charge in [-0.05, 0) is 0 Å². The molecule has 2 aromatic rings. The molecule has 0 unspecified atom stereocenters. The summed E-state index contributed by atoms with van der Waals surface area (Å²) < 4.78 is 1.56. The third-order valence-electron chi connectivity index (χ3n) is 3.33. The Morgan fingerprint density at radius 1 is 1.14 bits per heavy atom. The Kier molecular flexibility index (Phi) is 5.21. The van der Waals surface area contributed by atoms with E-state index < -0.39 is 31.0 Å². The van der Waals surface area contributed by atoms with Crippen LogP contribution in [0.2, 0.25) is 0 Å². The van der Waals surface area contributed by atoms with Gasteiger partial charge in [-0.2, -0.15) is 5.10 Å². The Bertz CT molecular complexity index is 621. The van der Waals surface area contributed by atoms with Crippen LogP contribution in [0.1, 0.15) is 0 Å². The van der Waals surface area contributed by atoms with E-state index in [-0.39, 0.29) is 6.54 Å². The molecule has 0 saturated carbocycles. The lowest BCUT2D eigenvalue weighted by molar-refractivity contribution is -0.111. The molecular weight excluding hydrogens is 294 g/mol. The van der Waals surface area contributed by atoms with E-state index in [2.05, 4.69) is 20.4 Å². The van der Waals surface area contributed by atoms with E-state index in [0.29, 0.717) is 16.9 Å². The first-order valence-electron chi connectivity index (χ1n) is 6.65. The highest BCUT2D eigenvalue weighted by Crippen LogP contribution is 2.18. The number of aryl methyl sites for hydroxylation is 1. The van der Waals surface area contributed by atoms with Gasteiger partial charge in [-0.3, -0.25) is 4.68 Å². The summed E-state index contributed by atoms with van der Waals surface area (Å²) in [5.41, 5.74) is 0.600. The molecule has 0 aliphatic rings. The zero-order chi connectivity index (χ0) is 16.3. The number of aliphatic hydroxyl groups excluding tert-OH is 5. The summed E-state index contributed by atoms with van der Waals surface area (Å²) in [4.78, 5) is 8.09. The van der Waals surface area contributed by atoms with Gasteiger partial charge in [-0.15, -0.1) is 0 Å². The molecule has 2 rings (SSSR count). The second-order valence-electron chi connectivity index (χ2n) is 4.91. The molecule has 0 radical (unpaired) electrons. The number of aromatic nitrogens is 4. The third-order valence-corrected chi connectivity index (χ3v) is 3.33. The third kappa shape index (κ3) is 3.31. The van der Waals surface area contributed by atoms with E-state index in [1.165, 1.54) is 6.33 Å². The summed E-state index contributed by atoms with van der Waals surface area (Å²) in [5, 5.41) is 54.6. The Hall–Kier alpha value is -1.85. The Balaban J connectivity index is 2.02. The maximum atomic E-state index is 9.84. The summed E-state index contributed by atoms with van der Waals surface area (Å²) in [6, 6.07) is 0. The van der Waals surface area contributed by atoms with E-state index in [1.807, 2.05) is 0 Å². The molecule has 10 heteroatoms. The van der Waals surface area contributed by atoms with Crippen LogP contribution in [-0.2, 0) is 7.05 Å². The van der Waals surface area contributed by atoms with Crippen molar-refractivity contribution in [3.8, 4) is 0 Å². The predicted molar refractivity (Wildman–Crippen MR) is 75.9 cm³/mol. The van der Waals surface area contributed by atoms with Crippen molar-refractivity contribution in [3.05, 3.63) is 12.5 Å². The van der Waals surface area contributed by atoms with E-state index >= 15 is 0 Å². The fourth-order valence-corrected chi connectivity index (χ4v) is 1.99. The van der Waals surface area contributed by atoms with Gasteiger partial charge >= 0.3 is 0 Å². The van der Waals surface area contributed by atoms with Crippen LogP contribution in [0.4, 0.5) is 5.82 Å². The first kappa shape index (κ1) is 16.5. The molecule has 0 bridgehead atoms. The normalized spacial score (nSPS) is 17.2. The zero-order valence-corrected chi connectivity index (χ0v) is 11.9. The van der Waals surface area contributed by atoms with Crippen LogP contribution in [0.15, 0.2) is 12.5 Å². The van der Waals surface area contributed by atoms with E-state index in [1.54, 1.807) is 17.9 Å². The van der Waals surface area contributed by atoms with Crippen molar-refractivity contribution in [2.24, 2.45) is 7.05 Å². The van der Waals surface area contributed by atoms with Gasteiger partial charge in [-0.1, -0.05) is 0 Å². The van der Waals surface area contributed by atoms with Crippen molar-refractivity contribution < 1.29 is 25.5 Å². The highest BCUT2D eigenvalue weighted by molar-refractivity contribution is 5.85. The fraction of sp³-hybridized carbons (Fsp3) is 0.583. The Morgan fingerprint density at radius 3 is 2.50 bits per heavy atom. The van der Waals surface area contributed by atoms with Crippen molar-refractivity contribution in [3.63, 3.8) is 0 Å². The van der Waals surface area contributed by atoms with Crippen LogP contribution in [0, 0.1) is 0 Å². The number of aliphatic hydroxyl groups is 5. The monoisotopic (exact) mass is 313 g/mol. The van der Waals surface area contributed by atoms with Gasteiger partial charge in [0.05, 0.1) is 24.3 Å². The molecule has 0 aromatic carbocycles. The van der Waals surface area contributed by atoms with Crippen LogP contribution >= 0.6 is 0 Å². The average molecular weight is 313 g/mol. The summed E-state index contributed by atoms with van der Waals surface area (Å²) >= 11 is 0. The molecule has 0 aliphatic carbocycles. The van der Waals surface area contributed by atoms with Crippen LogP contribution in [0.3, 0.4) is 0 Å². The van der Waals surface area contributed by atoms with Gasteiger partial charge in [0.25, 0.3) is 0 Å². The lowest BCUT2D eigenvalue weighted by atomic mass is 10.0. The van der Waals surface area contributed by atoms with Crippen LogP contribution in [-0.4, -0.2) is 82.8 Å². The number of nitrogens with one attached hydrogen (secondary N) is 1. The summed E-state index contributed by atoms with van der Waals surface area (Å²) in [6.07, 6.45) is -3.30. The SMILES string of the molecule is Cn1ncc2c(NC[C@@H](O)[C@@H](O)[C@H](O)[C@H](O)CO)ncnc21. The molecule has 4 atom stereocenters. The first-order valence-corrected chi connectivity index (χ1v) is 6.65. The van der Waals surface area contributed by atoms with Gasteiger partial charge in [0, 0.05) is 13.6 Å². The number of anilines is 1. The lowest BCUT2D eigenvalue weighted by Crippen LogP contribution is -2.48. The standard InChI is InChI=1S/C12H19N5O5/c1-17-12-6(2-16-17)11(14-5-15-12)13-3-7(19)9(21)10(22)8(20)4-18/h2,5,7-10,18-22H,3-4H2,1H3,(H,13,14,15)/t7-,8-,9-,10-/m1/s1. The molecular formula is C12H19N5O5. The molecule has 0 saturated heterocycles. The minimum absolute atomic E-state index is 0.128. The number of rotatable bonds is 7. The molecule has 10 nitrogen and oxygen atoms in total. The van der Waals surface area contributed by atoms with Gasteiger partial charge in [0.15, 0.2) is 5.65 Å². The molecule has 0 fully saturated rings. The quantitative estimate of drug-likeness (QED) is 0.318. The Labute approximate surface area is 125 Å². The van der Waals surface area contributed by atoms with Crippen molar-refractivity contribution in [2.75, 3.05) is 18.5 Å². The number of hydrogen-bond donors (Lipinski definition) is 6. The predicted octanol–water partition coefficient (Wildman–Crippen LogP) is -2.79. The molecule has 22 heavy (non-hydrogen) atoms. The summed E-state index contributed by atoms with van der Waals surface area (Å²) in [6.45, 7) is -0.849. The first-order chi connectivity index (χ1) is 10.5. The largest absolute Gasteiger partial charge is 0.394 e.